The number of esters is 1. The number of nitrogens with two attached hydrogens (primary N) is 1. The van der Waals surface area contributed by atoms with E-state index in [1.165, 1.54) is 13.2 Å². The zero-order chi connectivity index (χ0) is 16.2. The Balaban J connectivity index is 3.11. The number of methoxy groups -OCH3 is 1. The molecule has 0 aliphatic carbocycles. The van der Waals surface area contributed by atoms with Crippen LogP contribution in [0.4, 0.5) is 5.69 Å². The van der Waals surface area contributed by atoms with E-state index in [0.29, 0.717) is 17.7 Å². The van der Waals surface area contributed by atoms with E-state index in [0.717, 1.165) is 0 Å². The summed E-state index contributed by atoms with van der Waals surface area (Å²) in [7, 11) is -2.61. The lowest BCUT2D eigenvalue weighted by Crippen LogP contribution is -2.42. The molecule has 6 nitrogen and oxygen atoms in total. The van der Waals surface area contributed by atoms with Crippen LogP contribution in [0.15, 0.2) is 23.1 Å². The van der Waals surface area contributed by atoms with Gasteiger partial charge in [-0.15, -0.1) is 0 Å². The highest BCUT2D eigenvalue weighted by molar-refractivity contribution is 7.89. The average Bonchev–Trinajstić information content (AvgIpc) is 2.38. The van der Waals surface area contributed by atoms with Crippen LogP contribution in [0, 0.1) is 12.8 Å². The molecule has 0 aliphatic rings. The molecule has 0 aromatic heterocycles. The molecule has 1 aromatic rings. The number of ether oxygens (including phenoxy) is 1. The lowest BCUT2D eigenvalue weighted by molar-refractivity contribution is -0.143. The molecular weight excluding hydrogens is 292 g/mol. The van der Waals surface area contributed by atoms with E-state index in [1.807, 2.05) is 13.8 Å². The highest BCUT2D eigenvalue weighted by Crippen LogP contribution is 2.19. The minimum absolute atomic E-state index is 0.0696. The van der Waals surface area contributed by atoms with E-state index in [9.17, 15) is 13.2 Å². The third-order valence-electron chi connectivity index (χ3n) is 2.99. The first-order valence-electron chi connectivity index (χ1n) is 6.63. The van der Waals surface area contributed by atoms with Gasteiger partial charge in [0.15, 0.2) is 0 Å². The molecule has 0 amide bonds. The fourth-order valence-electron chi connectivity index (χ4n) is 1.96. The molecule has 0 aliphatic heterocycles. The van der Waals surface area contributed by atoms with Crippen LogP contribution in [0.2, 0.25) is 0 Å². The van der Waals surface area contributed by atoms with Gasteiger partial charge >= 0.3 is 5.97 Å². The first kappa shape index (κ1) is 17.5. The van der Waals surface area contributed by atoms with Crippen molar-refractivity contribution in [2.75, 3.05) is 12.8 Å². The van der Waals surface area contributed by atoms with Crippen LogP contribution in [-0.4, -0.2) is 27.5 Å². The molecule has 21 heavy (non-hydrogen) atoms. The smallest absolute Gasteiger partial charge is 0.323 e. The quantitative estimate of drug-likeness (QED) is 0.611. The fourth-order valence-corrected chi connectivity index (χ4v) is 3.44. The van der Waals surface area contributed by atoms with Gasteiger partial charge < -0.3 is 10.5 Å². The number of aryl methyl sites for hydroxylation is 1. The first-order valence-corrected chi connectivity index (χ1v) is 8.12. The van der Waals surface area contributed by atoms with Crippen molar-refractivity contribution in [3.63, 3.8) is 0 Å². The van der Waals surface area contributed by atoms with Gasteiger partial charge in [0.1, 0.15) is 6.04 Å². The molecule has 0 radical (unpaired) electrons. The maximum atomic E-state index is 12.4. The molecule has 0 saturated carbocycles. The Kier molecular flexibility index (Phi) is 5.74. The summed E-state index contributed by atoms with van der Waals surface area (Å²) in [5, 5.41) is 0. The van der Waals surface area contributed by atoms with Crippen molar-refractivity contribution in [3.8, 4) is 0 Å². The van der Waals surface area contributed by atoms with Crippen molar-refractivity contribution in [2.24, 2.45) is 5.92 Å². The summed E-state index contributed by atoms with van der Waals surface area (Å²) >= 11 is 0. The Bertz CT molecular complexity index is 611. The molecule has 0 spiro atoms. The second-order valence-electron chi connectivity index (χ2n) is 5.35. The standard InChI is InChI=1S/C14H22N2O4S/c1-9(2)7-12(14(17)20-4)16-21(18,19)13-8-11(15)6-5-10(13)3/h5-6,8-9,12,16H,7,15H2,1-4H3. The van der Waals surface area contributed by atoms with Crippen LogP contribution in [0.3, 0.4) is 0 Å². The van der Waals surface area contributed by atoms with E-state index in [2.05, 4.69) is 9.46 Å². The Morgan fingerprint density at radius 1 is 1.38 bits per heavy atom. The maximum Gasteiger partial charge on any atom is 0.323 e. The average molecular weight is 314 g/mol. The number of carbonyl (C=O) groups is 1. The van der Waals surface area contributed by atoms with Crippen molar-refractivity contribution >= 4 is 21.7 Å². The number of anilines is 1. The topological polar surface area (TPSA) is 98.5 Å². The fraction of sp³-hybridized carbons (Fsp3) is 0.500. The number of nitrogen functional groups attached to an aromatic ring is 1. The number of benzene rings is 1. The van der Waals surface area contributed by atoms with Crippen molar-refractivity contribution in [3.05, 3.63) is 23.8 Å². The third kappa shape index (κ3) is 4.71. The SMILES string of the molecule is COC(=O)C(CC(C)C)NS(=O)(=O)c1cc(N)ccc1C. The Hall–Kier alpha value is -1.60. The Morgan fingerprint density at radius 2 is 2.00 bits per heavy atom. The van der Waals surface area contributed by atoms with Crippen LogP contribution in [0.25, 0.3) is 0 Å². The lowest BCUT2D eigenvalue weighted by atomic mass is 10.1. The third-order valence-corrected chi connectivity index (χ3v) is 4.61. The van der Waals surface area contributed by atoms with Crippen LogP contribution < -0.4 is 10.5 Å². The first-order chi connectivity index (χ1) is 9.67. The van der Waals surface area contributed by atoms with Gasteiger partial charge in [0.2, 0.25) is 10.0 Å². The molecule has 118 valence electrons. The van der Waals surface area contributed by atoms with E-state index in [-0.39, 0.29) is 10.8 Å². The molecule has 3 N–H and O–H groups in total. The minimum atomic E-state index is -3.84. The zero-order valence-corrected chi connectivity index (χ0v) is 13.5. The number of hydrogen-bond donors (Lipinski definition) is 2. The predicted octanol–water partition coefficient (Wildman–Crippen LogP) is 1.44. The highest BCUT2D eigenvalue weighted by Gasteiger charge is 2.28. The predicted molar refractivity (Wildman–Crippen MR) is 81.2 cm³/mol. The number of hydrogen-bond acceptors (Lipinski definition) is 5. The van der Waals surface area contributed by atoms with Crippen LogP contribution >= 0.6 is 0 Å². The molecule has 0 bridgehead atoms. The summed E-state index contributed by atoms with van der Waals surface area (Å²) < 4.78 is 31.9. The van der Waals surface area contributed by atoms with Gasteiger partial charge in [0, 0.05) is 5.69 Å². The summed E-state index contributed by atoms with van der Waals surface area (Å²) in [5.74, 6) is -0.465. The van der Waals surface area contributed by atoms with Crippen LogP contribution in [0.1, 0.15) is 25.8 Å². The van der Waals surface area contributed by atoms with Gasteiger partial charge in [-0.2, -0.15) is 4.72 Å². The molecule has 0 saturated heterocycles. The molecule has 7 heteroatoms. The van der Waals surface area contributed by atoms with Crippen LogP contribution in [-0.2, 0) is 19.6 Å². The normalized spacial score (nSPS) is 13.2. The number of sulfonamides is 1. The van der Waals surface area contributed by atoms with Gasteiger partial charge in [0.05, 0.1) is 12.0 Å². The molecule has 1 atom stereocenters. The summed E-state index contributed by atoms with van der Waals surface area (Å²) in [6.45, 7) is 5.47. The number of nitrogens with one attached hydrogen (secondary N) is 1. The largest absolute Gasteiger partial charge is 0.468 e. The maximum absolute atomic E-state index is 12.4. The van der Waals surface area contributed by atoms with Crippen molar-refractivity contribution < 1.29 is 17.9 Å². The lowest BCUT2D eigenvalue weighted by Gasteiger charge is -2.19. The molecule has 0 heterocycles. The van der Waals surface area contributed by atoms with Crippen molar-refractivity contribution in [2.45, 2.75) is 38.1 Å². The van der Waals surface area contributed by atoms with E-state index in [1.54, 1.807) is 19.1 Å². The van der Waals surface area contributed by atoms with Crippen LogP contribution in [0.5, 0.6) is 0 Å². The molecule has 1 rings (SSSR count). The molecule has 1 unspecified atom stereocenters. The monoisotopic (exact) mass is 314 g/mol. The van der Waals surface area contributed by atoms with E-state index >= 15 is 0 Å². The summed E-state index contributed by atoms with van der Waals surface area (Å²) in [5.41, 5.74) is 6.54. The Morgan fingerprint density at radius 3 is 2.52 bits per heavy atom. The molecular formula is C14H22N2O4S. The number of rotatable bonds is 6. The Labute approximate surface area is 125 Å². The van der Waals surface area contributed by atoms with Gasteiger partial charge in [0.25, 0.3) is 0 Å². The highest BCUT2D eigenvalue weighted by atomic mass is 32.2. The summed E-state index contributed by atoms with van der Waals surface area (Å²) in [6, 6.07) is 3.71. The molecule has 1 aromatic carbocycles. The molecule has 0 fully saturated rings. The van der Waals surface area contributed by atoms with Gasteiger partial charge in [-0.05, 0) is 37.0 Å². The number of carbonyl (C=O) groups excluding carboxylic acids is 1. The second kappa shape index (κ2) is 6.91. The summed E-state index contributed by atoms with van der Waals surface area (Å²) in [6.07, 6.45) is 0.354. The van der Waals surface area contributed by atoms with Gasteiger partial charge in [-0.1, -0.05) is 19.9 Å². The zero-order valence-electron chi connectivity index (χ0n) is 12.7. The van der Waals surface area contributed by atoms with Crippen molar-refractivity contribution in [1.82, 2.24) is 4.72 Å². The van der Waals surface area contributed by atoms with Crippen molar-refractivity contribution in [1.29, 1.82) is 0 Å². The van der Waals surface area contributed by atoms with E-state index in [4.69, 9.17) is 5.73 Å². The minimum Gasteiger partial charge on any atom is -0.468 e. The second-order valence-corrected chi connectivity index (χ2v) is 7.03. The van der Waals surface area contributed by atoms with E-state index < -0.39 is 22.0 Å². The van der Waals surface area contributed by atoms with Gasteiger partial charge in [-0.25, -0.2) is 8.42 Å². The summed E-state index contributed by atoms with van der Waals surface area (Å²) in [4.78, 5) is 11.8. The van der Waals surface area contributed by atoms with Gasteiger partial charge in [-0.3, -0.25) is 4.79 Å².